The molecule has 0 N–H and O–H groups in total. The lowest BCUT2D eigenvalue weighted by molar-refractivity contribution is 1.13. The van der Waals surface area contributed by atoms with Crippen molar-refractivity contribution in [1.29, 1.82) is 0 Å². The second-order valence-corrected chi connectivity index (χ2v) is 2.75. The normalized spacial score (nSPS) is 9.64. The van der Waals surface area contributed by atoms with Gasteiger partial charge in [-0.3, -0.25) is 4.98 Å². The third-order valence-corrected chi connectivity index (χ3v) is 1.90. The number of aromatic nitrogens is 1. The highest BCUT2D eigenvalue weighted by Gasteiger charge is 1.98. The van der Waals surface area contributed by atoms with E-state index in [1.807, 2.05) is 12.4 Å². The molecule has 0 aliphatic rings. The Morgan fingerprint density at radius 1 is 1.45 bits per heavy atom. The second kappa shape index (κ2) is 4.17. The summed E-state index contributed by atoms with van der Waals surface area (Å²) < 4.78 is 0. The first-order valence-corrected chi connectivity index (χ1v) is 4.30. The molecule has 1 aromatic heterocycles. The first-order chi connectivity index (χ1) is 5.38. The van der Waals surface area contributed by atoms with Crippen molar-refractivity contribution in [2.45, 2.75) is 26.6 Å². The lowest BCUT2D eigenvalue weighted by atomic mass is 9.66. The summed E-state index contributed by atoms with van der Waals surface area (Å²) >= 11 is 0. The number of rotatable bonds is 3. The largest absolute Gasteiger partial charge is 0.265 e. The van der Waals surface area contributed by atoms with Crippen LogP contribution in [0.2, 0.25) is 6.32 Å². The fraction of sp³-hybridized carbons (Fsp3) is 0.444. The molecule has 58 valence electrons. The summed E-state index contributed by atoms with van der Waals surface area (Å²) in [5.74, 6) is 0. The lowest BCUT2D eigenvalue weighted by Gasteiger charge is -2.02. The molecule has 11 heavy (non-hydrogen) atoms. The van der Waals surface area contributed by atoms with Crippen LogP contribution in [-0.4, -0.2) is 12.3 Å². The van der Waals surface area contributed by atoms with Gasteiger partial charge < -0.3 is 0 Å². The molecule has 0 saturated carbocycles. The Labute approximate surface area is 69.1 Å². The van der Waals surface area contributed by atoms with Crippen LogP contribution in [0.3, 0.4) is 0 Å². The molecule has 2 heteroatoms. The Bertz CT molecular complexity index is 223. The fourth-order valence-corrected chi connectivity index (χ4v) is 1.30. The van der Waals surface area contributed by atoms with E-state index in [1.165, 1.54) is 17.3 Å². The highest BCUT2D eigenvalue weighted by molar-refractivity contribution is 6.53. The predicted molar refractivity (Wildman–Crippen MR) is 50.9 cm³/mol. The summed E-state index contributed by atoms with van der Waals surface area (Å²) in [7, 11) is 1.16. The van der Waals surface area contributed by atoms with Gasteiger partial charge in [0, 0.05) is 12.4 Å². The van der Waals surface area contributed by atoms with Crippen LogP contribution < -0.4 is 5.46 Å². The van der Waals surface area contributed by atoms with Gasteiger partial charge in [-0.25, -0.2) is 0 Å². The van der Waals surface area contributed by atoms with Crippen LogP contribution in [0.4, 0.5) is 0 Å². The Morgan fingerprint density at radius 3 is 2.91 bits per heavy atom. The number of aryl methyl sites for hydroxylation is 1. The highest BCUT2D eigenvalue weighted by atomic mass is 14.6. The summed E-state index contributed by atoms with van der Waals surface area (Å²) in [5, 5.41) is 0. The zero-order valence-corrected chi connectivity index (χ0v) is 7.30. The highest BCUT2D eigenvalue weighted by Crippen LogP contribution is 1.94. The van der Waals surface area contributed by atoms with E-state index < -0.39 is 0 Å². The standard InChI is InChI=1S/C9H14BN/c1-3-8-5-6-11-7-9(8)10-4-2/h5-7,10H,3-4H2,1-2H3. The zero-order valence-electron chi connectivity index (χ0n) is 7.30. The summed E-state index contributed by atoms with van der Waals surface area (Å²) in [4.78, 5) is 4.11. The van der Waals surface area contributed by atoms with Gasteiger partial charge >= 0.3 is 0 Å². The molecule has 1 rings (SSSR count). The van der Waals surface area contributed by atoms with Crippen LogP contribution in [0.15, 0.2) is 18.5 Å². The molecule has 0 aliphatic carbocycles. The lowest BCUT2D eigenvalue weighted by Crippen LogP contribution is -2.18. The van der Waals surface area contributed by atoms with Gasteiger partial charge in [0.1, 0.15) is 0 Å². The predicted octanol–water partition coefficient (Wildman–Crippen LogP) is 1.14. The van der Waals surface area contributed by atoms with E-state index in [-0.39, 0.29) is 0 Å². The van der Waals surface area contributed by atoms with E-state index in [4.69, 9.17) is 0 Å². The minimum atomic E-state index is 1.12. The van der Waals surface area contributed by atoms with E-state index in [0.717, 1.165) is 13.7 Å². The molecule has 0 radical (unpaired) electrons. The molecule has 1 nitrogen and oxygen atoms in total. The van der Waals surface area contributed by atoms with Crippen molar-refractivity contribution in [3.8, 4) is 0 Å². The molecular formula is C9H14BN. The molecule has 0 aromatic carbocycles. The molecule has 0 aliphatic heterocycles. The van der Waals surface area contributed by atoms with Gasteiger partial charge in [-0.2, -0.15) is 0 Å². The van der Waals surface area contributed by atoms with Crippen molar-refractivity contribution in [2.75, 3.05) is 0 Å². The minimum absolute atomic E-state index is 1.12. The van der Waals surface area contributed by atoms with Crippen molar-refractivity contribution >= 4 is 12.7 Å². The first kappa shape index (κ1) is 8.31. The molecule has 0 amide bonds. The molecule has 0 fully saturated rings. The fourth-order valence-electron chi connectivity index (χ4n) is 1.30. The summed E-state index contributed by atoms with van der Waals surface area (Å²) in [6.07, 6.45) is 6.19. The van der Waals surface area contributed by atoms with Crippen LogP contribution in [0.1, 0.15) is 19.4 Å². The number of pyridine rings is 1. The van der Waals surface area contributed by atoms with Crippen LogP contribution >= 0.6 is 0 Å². The molecule has 0 saturated heterocycles. The van der Waals surface area contributed by atoms with Crippen molar-refractivity contribution in [3.05, 3.63) is 24.0 Å². The minimum Gasteiger partial charge on any atom is -0.265 e. The number of hydrogen-bond acceptors (Lipinski definition) is 1. The Kier molecular flexibility index (Phi) is 3.15. The van der Waals surface area contributed by atoms with Crippen LogP contribution in [-0.2, 0) is 6.42 Å². The van der Waals surface area contributed by atoms with Gasteiger partial charge in [-0.15, -0.1) is 0 Å². The van der Waals surface area contributed by atoms with Crippen molar-refractivity contribution in [3.63, 3.8) is 0 Å². The van der Waals surface area contributed by atoms with Crippen molar-refractivity contribution in [2.24, 2.45) is 0 Å². The van der Waals surface area contributed by atoms with Gasteiger partial charge in [0.25, 0.3) is 0 Å². The topological polar surface area (TPSA) is 12.9 Å². The maximum absolute atomic E-state index is 4.11. The van der Waals surface area contributed by atoms with E-state index in [0.29, 0.717) is 0 Å². The van der Waals surface area contributed by atoms with Crippen molar-refractivity contribution in [1.82, 2.24) is 4.98 Å². The average Bonchev–Trinajstić information content (AvgIpc) is 2.06. The van der Waals surface area contributed by atoms with E-state index in [1.54, 1.807) is 0 Å². The van der Waals surface area contributed by atoms with Gasteiger partial charge in [0.15, 0.2) is 7.28 Å². The van der Waals surface area contributed by atoms with Crippen LogP contribution in [0, 0.1) is 0 Å². The molecule has 0 spiro atoms. The Hall–Kier alpha value is -0.785. The first-order valence-electron chi connectivity index (χ1n) is 4.30. The quantitative estimate of drug-likeness (QED) is 0.584. The smallest absolute Gasteiger partial charge is 0.159 e. The van der Waals surface area contributed by atoms with Gasteiger partial charge in [-0.1, -0.05) is 31.2 Å². The molecule has 0 bridgehead atoms. The number of hydrogen-bond donors (Lipinski definition) is 0. The molecule has 0 atom stereocenters. The third-order valence-electron chi connectivity index (χ3n) is 1.90. The monoisotopic (exact) mass is 147 g/mol. The van der Waals surface area contributed by atoms with E-state index >= 15 is 0 Å². The molecule has 1 aromatic rings. The zero-order chi connectivity index (χ0) is 8.10. The SMILES string of the molecule is CCBc1cnccc1CC. The van der Waals surface area contributed by atoms with E-state index in [9.17, 15) is 0 Å². The molecule has 0 unspecified atom stereocenters. The maximum Gasteiger partial charge on any atom is 0.159 e. The van der Waals surface area contributed by atoms with Gasteiger partial charge in [0.05, 0.1) is 0 Å². The van der Waals surface area contributed by atoms with Crippen molar-refractivity contribution < 1.29 is 0 Å². The maximum atomic E-state index is 4.11. The Morgan fingerprint density at radius 2 is 2.27 bits per heavy atom. The Balaban J connectivity index is 2.83. The third kappa shape index (κ3) is 2.07. The summed E-state index contributed by atoms with van der Waals surface area (Å²) in [6.45, 7) is 4.39. The van der Waals surface area contributed by atoms with Gasteiger partial charge in [-0.05, 0) is 12.5 Å². The molecular weight excluding hydrogens is 133 g/mol. The number of nitrogens with zero attached hydrogens (tertiary/aromatic N) is 1. The van der Waals surface area contributed by atoms with E-state index in [2.05, 4.69) is 24.9 Å². The molecule has 1 heterocycles. The van der Waals surface area contributed by atoms with Crippen LogP contribution in [0.25, 0.3) is 0 Å². The summed E-state index contributed by atoms with van der Waals surface area (Å²) in [5.41, 5.74) is 2.86. The van der Waals surface area contributed by atoms with Crippen LogP contribution in [0.5, 0.6) is 0 Å². The summed E-state index contributed by atoms with van der Waals surface area (Å²) in [6, 6.07) is 2.12. The second-order valence-electron chi connectivity index (χ2n) is 2.75. The van der Waals surface area contributed by atoms with Gasteiger partial charge in [0.2, 0.25) is 0 Å². The average molecular weight is 147 g/mol.